The van der Waals surface area contributed by atoms with E-state index in [0.29, 0.717) is 5.41 Å². The summed E-state index contributed by atoms with van der Waals surface area (Å²) in [6.07, 6.45) is 5.26. The predicted octanol–water partition coefficient (Wildman–Crippen LogP) is 2.83. The highest BCUT2D eigenvalue weighted by Crippen LogP contribution is 2.45. The molecule has 0 aromatic heterocycles. The Kier molecular flexibility index (Phi) is 5.07. The summed E-state index contributed by atoms with van der Waals surface area (Å²) >= 11 is 0. The van der Waals surface area contributed by atoms with E-state index in [1.54, 1.807) is 7.11 Å². The number of nitrogens with one attached hydrogen (secondary N) is 1. The quantitative estimate of drug-likeness (QED) is 0.732. The van der Waals surface area contributed by atoms with Crippen molar-refractivity contribution in [3.05, 3.63) is 0 Å². The van der Waals surface area contributed by atoms with Crippen molar-refractivity contribution in [3.63, 3.8) is 0 Å². The van der Waals surface area contributed by atoms with Gasteiger partial charge in [-0.15, -0.1) is 0 Å². The van der Waals surface area contributed by atoms with Gasteiger partial charge >= 0.3 is 0 Å². The average Bonchev–Trinajstić information content (AvgIpc) is 2.59. The lowest BCUT2D eigenvalue weighted by Gasteiger charge is -2.31. The Bertz CT molecular complexity index is 183. The van der Waals surface area contributed by atoms with Crippen LogP contribution >= 0.6 is 0 Å². The molecule has 3 unspecified atom stereocenters. The van der Waals surface area contributed by atoms with Crippen molar-refractivity contribution < 1.29 is 4.74 Å². The van der Waals surface area contributed by atoms with E-state index in [1.807, 2.05) is 0 Å². The Morgan fingerprint density at radius 1 is 1.53 bits per heavy atom. The van der Waals surface area contributed by atoms with Gasteiger partial charge in [0.15, 0.2) is 0 Å². The van der Waals surface area contributed by atoms with Crippen LogP contribution in [0.2, 0.25) is 0 Å². The van der Waals surface area contributed by atoms with E-state index in [4.69, 9.17) is 4.74 Å². The lowest BCUT2D eigenvalue weighted by Crippen LogP contribution is -2.30. The van der Waals surface area contributed by atoms with Gasteiger partial charge in [-0.25, -0.2) is 0 Å². The summed E-state index contributed by atoms with van der Waals surface area (Å²) in [5, 5.41) is 3.58. The number of hydrogen-bond donors (Lipinski definition) is 1. The van der Waals surface area contributed by atoms with Crippen LogP contribution in [-0.4, -0.2) is 26.3 Å². The van der Waals surface area contributed by atoms with Gasteiger partial charge in [0, 0.05) is 19.8 Å². The molecule has 0 spiro atoms. The van der Waals surface area contributed by atoms with E-state index < -0.39 is 0 Å². The summed E-state index contributed by atoms with van der Waals surface area (Å²) in [7, 11) is 1.80. The summed E-state index contributed by atoms with van der Waals surface area (Å²) in [5.41, 5.74) is 0.533. The second-order valence-electron chi connectivity index (χ2n) is 5.33. The smallest absolute Gasteiger partial charge is 0.0465 e. The largest absolute Gasteiger partial charge is 0.385 e. The third-order valence-corrected chi connectivity index (χ3v) is 4.21. The molecule has 2 heteroatoms. The molecule has 90 valence electrons. The maximum Gasteiger partial charge on any atom is 0.0465 e. The van der Waals surface area contributed by atoms with Gasteiger partial charge in [-0.3, -0.25) is 0 Å². The van der Waals surface area contributed by atoms with Crippen LogP contribution in [0.25, 0.3) is 0 Å². The normalized spacial score (nSPS) is 33.2. The Labute approximate surface area is 94.8 Å². The van der Waals surface area contributed by atoms with E-state index in [-0.39, 0.29) is 0 Å². The third-order valence-electron chi connectivity index (χ3n) is 4.21. The van der Waals surface area contributed by atoms with Crippen molar-refractivity contribution in [2.24, 2.45) is 11.3 Å². The second-order valence-corrected chi connectivity index (χ2v) is 5.33. The molecule has 0 saturated heterocycles. The molecule has 1 rings (SSSR count). The number of hydrogen-bond acceptors (Lipinski definition) is 2. The molecule has 0 amide bonds. The fraction of sp³-hybridized carbons (Fsp3) is 1.00. The molecule has 0 aromatic rings. The second kappa shape index (κ2) is 5.86. The molecular formula is C13H27NO. The molecule has 2 nitrogen and oxygen atoms in total. The molecule has 0 radical (unpaired) electrons. The standard InChI is InChI=1S/C13H27NO/c1-5-14-12-6-8-13(3,10-12)11(2)7-9-15-4/h11-12,14H,5-10H2,1-4H3. The minimum Gasteiger partial charge on any atom is -0.385 e. The zero-order chi connectivity index (χ0) is 11.3. The van der Waals surface area contributed by atoms with Crippen LogP contribution in [0.15, 0.2) is 0 Å². The fourth-order valence-corrected chi connectivity index (χ4v) is 2.82. The summed E-state index contributed by atoms with van der Waals surface area (Å²) < 4.78 is 5.18. The van der Waals surface area contributed by atoms with Crippen LogP contribution in [0.3, 0.4) is 0 Å². The van der Waals surface area contributed by atoms with Crippen molar-refractivity contribution >= 4 is 0 Å². The van der Waals surface area contributed by atoms with Gasteiger partial charge in [0.05, 0.1) is 0 Å². The summed E-state index contributed by atoms with van der Waals surface area (Å²) in [6.45, 7) is 9.04. The van der Waals surface area contributed by atoms with Crippen LogP contribution in [-0.2, 0) is 4.74 Å². The summed E-state index contributed by atoms with van der Waals surface area (Å²) in [5.74, 6) is 0.779. The Morgan fingerprint density at radius 3 is 2.87 bits per heavy atom. The summed E-state index contributed by atoms with van der Waals surface area (Å²) in [6, 6.07) is 0.755. The van der Waals surface area contributed by atoms with Crippen LogP contribution in [0.4, 0.5) is 0 Å². The first-order valence-corrected chi connectivity index (χ1v) is 6.34. The predicted molar refractivity (Wildman–Crippen MR) is 65.1 cm³/mol. The monoisotopic (exact) mass is 213 g/mol. The molecule has 15 heavy (non-hydrogen) atoms. The first-order chi connectivity index (χ1) is 7.12. The zero-order valence-electron chi connectivity index (χ0n) is 10.8. The number of methoxy groups -OCH3 is 1. The number of rotatable bonds is 6. The fourth-order valence-electron chi connectivity index (χ4n) is 2.82. The van der Waals surface area contributed by atoms with E-state index >= 15 is 0 Å². The maximum atomic E-state index is 5.18. The molecule has 1 aliphatic carbocycles. The van der Waals surface area contributed by atoms with Crippen LogP contribution in [0, 0.1) is 11.3 Å². The molecule has 0 bridgehead atoms. The highest BCUT2D eigenvalue weighted by atomic mass is 16.5. The van der Waals surface area contributed by atoms with E-state index in [2.05, 4.69) is 26.1 Å². The van der Waals surface area contributed by atoms with Gasteiger partial charge < -0.3 is 10.1 Å². The van der Waals surface area contributed by atoms with E-state index in [1.165, 1.54) is 25.7 Å². The molecule has 1 fully saturated rings. The van der Waals surface area contributed by atoms with Crippen molar-refractivity contribution in [2.45, 2.75) is 52.5 Å². The SMILES string of the molecule is CCNC1CCC(C)(C(C)CCOC)C1. The topological polar surface area (TPSA) is 21.3 Å². The van der Waals surface area contributed by atoms with Crippen molar-refractivity contribution in [3.8, 4) is 0 Å². The van der Waals surface area contributed by atoms with E-state index in [9.17, 15) is 0 Å². The van der Waals surface area contributed by atoms with Crippen molar-refractivity contribution in [1.29, 1.82) is 0 Å². The van der Waals surface area contributed by atoms with Crippen molar-refractivity contribution in [1.82, 2.24) is 5.32 Å². The van der Waals surface area contributed by atoms with Crippen LogP contribution in [0.5, 0.6) is 0 Å². The van der Waals surface area contributed by atoms with Gasteiger partial charge in [0.25, 0.3) is 0 Å². The minimum atomic E-state index is 0.533. The van der Waals surface area contributed by atoms with Gasteiger partial charge in [-0.1, -0.05) is 20.8 Å². The highest BCUT2D eigenvalue weighted by Gasteiger charge is 2.38. The average molecular weight is 213 g/mol. The van der Waals surface area contributed by atoms with Gasteiger partial charge in [0.2, 0.25) is 0 Å². The molecule has 0 aromatic carbocycles. The van der Waals surface area contributed by atoms with Crippen LogP contribution < -0.4 is 5.32 Å². The van der Waals surface area contributed by atoms with Crippen LogP contribution in [0.1, 0.15) is 46.5 Å². The van der Waals surface area contributed by atoms with Gasteiger partial charge in [-0.2, -0.15) is 0 Å². The van der Waals surface area contributed by atoms with Gasteiger partial charge in [0.1, 0.15) is 0 Å². The summed E-state index contributed by atoms with van der Waals surface area (Å²) in [4.78, 5) is 0. The Balaban J connectivity index is 2.39. The van der Waals surface area contributed by atoms with E-state index in [0.717, 1.165) is 25.1 Å². The lowest BCUT2D eigenvalue weighted by molar-refractivity contribution is 0.127. The highest BCUT2D eigenvalue weighted by molar-refractivity contribution is 4.92. The first kappa shape index (κ1) is 13.0. The minimum absolute atomic E-state index is 0.533. The molecular weight excluding hydrogens is 186 g/mol. The molecule has 1 N–H and O–H groups in total. The van der Waals surface area contributed by atoms with Crippen molar-refractivity contribution in [2.75, 3.05) is 20.3 Å². The lowest BCUT2D eigenvalue weighted by atomic mass is 9.75. The zero-order valence-corrected chi connectivity index (χ0v) is 10.8. The molecule has 1 saturated carbocycles. The third kappa shape index (κ3) is 3.46. The molecule has 3 atom stereocenters. The molecule has 0 aliphatic heterocycles. The molecule has 0 heterocycles. The molecule has 1 aliphatic rings. The first-order valence-electron chi connectivity index (χ1n) is 6.34. The number of ether oxygens (including phenoxy) is 1. The Morgan fingerprint density at radius 2 is 2.27 bits per heavy atom. The van der Waals surface area contributed by atoms with Gasteiger partial charge in [-0.05, 0) is 43.6 Å². The Hall–Kier alpha value is -0.0800. The maximum absolute atomic E-state index is 5.18.